The van der Waals surface area contributed by atoms with Crippen molar-refractivity contribution in [3.63, 3.8) is 0 Å². The fourth-order valence-electron chi connectivity index (χ4n) is 1.47. The molecule has 0 saturated carbocycles. The third-order valence-corrected chi connectivity index (χ3v) is 2.73. The molecule has 16 heavy (non-hydrogen) atoms. The van der Waals surface area contributed by atoms with Crippen LogP contribution in [-0.2, 0) is 0 Å². The smallest absolute Gasteiger partial charge is 0.142 e. The molecule has 0 unspecified atom stereocenters. The highest BCUT2D eigenvalue weighted by Gasteiger charge is 2.20. The van der Waals surface area contributed by atoms with Gasteiger partial charge in [-0.3, -0.25) is 0 Å². The molecular weight excluding hydrogens is 252 g/mol. The van der Waals surface area contributed by atoms with E-state index in [-0.39, 0.29) is 17.4 Å². The molecule has 0 bridgehead atoms. The summed E-state index contributed by atoms with van der Waals surface area (Å²) in [5.74, 6) is -0.531. The van der Waals surface area contributed by atoms with Crippen LogP contribution in [0, 0.1) is 5.82 Å². The Bertz CT molecular complexity index is 336. The molecule has 0 radical (unpaired) electrons. The van der Waals surface area contributed by atoms with E-state index in [4.69, 9.17) is 17.3 Å². The molecule has 0 fully saturated rings. The van der Waals surface area contributed by atoms with E-state index < -0.39 is 18.0 Å². The van der Waals surface area contributed by atoms with Gasteiger partial charge >= 0.3 is 0 Å². The van der Waals surface area contributed by atoms with Crippen LogP contribution in [0.1, 0.15) is 31.4 Å². The van der Waals surface area contributed by atoms with Crippen LogP contribution < -0.4 is 5.73 Å². The molecule has 2 atom stereocenters. The first-order valence-corrected chi connectivity index (χ1v) is 5.33. The highest BCUT2D eigenvalue weighted by atomic mass is 35.5. The fourth-order valence-corrected chi connectivity index (χ4v) is 1.71. The topological polar surface area (TPSA) is 46.2 Å². The van der Waals surface area contributed by atoms with Crippen LogP contribution in [0.15, 0.2) is 18.2 Å². The molecule has 1 aromatic rings. The molecule has 1 aromatic carbocycles. The Kier molecular flexibility index (Phi) is 6.91. The van der Waals surface area contributed by atoms with Gasteiger partial charge in [-0.2, -0.15) is 0 Å². The van der Waals surface area contributed by atoms with E-state index in [1.165, 1.54) is 12.1 Å². The van der Waals surface area contributed by atoms with Crippen LogP contribution in [-0.4, -0.2) is 11.1 Å². The van der Waals surface area contributed by atoms with Crippen molar-refractivity contribution in [2.75, 3.05) is 0 Å². The number of hydrogen-bond donors (Lipinski definition) is 2. The zero-order valence-corrected chi connectivity index (χ0v) is 10.6. The van der Waals surface area contributed by atoms with Crippen LogP contribution in [0.4, 0.5) is 4.39 Å². The van der Waals surface area contributed by atoms with Crippen molar-refractivity contribution in [3.05, 3.63) is 34.6 Å². The third-order valence-electron chi connectivity index (χ3n) is 2.33. The molecule has 0 spiro atoms. The Hall–Kier alpha value is -0.350. The average molecular weight is 268 g/mol. The van der Waals surface area contributed by atoms with E-state index >= 15 is 0 Å². The van der Waals surface area contributed by atoms with Gasteiger partial charge in [0.15, 0.2) is 0 Å². The van der Waals surface area contributed by atoms with Crippen LogP contribution >= 0.6 is 24.0 Å². The lowest BCUT2D eigenvalue weighted by molar-refractivity contribution is 0.141. The Morgan fingerprint density at radius 1 is 1.50 bits per heavy atom. The lowest BCUT2D eigenvalue weighted by atomic mass is 9.99. The first kappa shape index (κ1) is 15.7. The molecular formula is C11H16Cl2FNO. The van der Waals surface area contributed by atoms with Crippen molar-refractivity contribution in [1.82, 2.24) is 0 Å². The van der Waals surface area contributed by atoms with Crippen LogP contribution in [0.5, 0.6) is 0 Å². The van der Waals surface area contributed by atoms with Crippen molar-refractivity contribution in [1.29, 1.82) is 0 Å². The molecule has 0 aliphatic heterocycles. The van der Waals surface area contributed by atoms with Crippen LogP contribution in [0.25, 0.3) is 0 Å². The lowest BCUT2D eigenvalue weighted by Crippen LogP contribution is -2.28. The maximum absolute atomic E-state index is 13.1. The van der Waals surface area contributed by atoms with Gasteiger partial charge < -0.3 is 10.8 Å². The summed E-state index contributed by atoms with van der Waals surface area (Å²) in [6, 6.07) is 3.95. The largest absolute Gasteiger partial charge is 0.387 e. The molecule has 0 heterocycles. The summed E-state index contributed by atoms with van der Waals surface area (Å²) < 4.78 is 13.1. The molecule has 0 aromatic heterocycles. The molecule has 5 heteroatoms. The molecule has 1 rings (SSSR count). The Morgan fingerprint density at radius 3 is 2.69 bits per heavy atom. The summed E-state index contributed by atoms with van der Waals surface area (Å²) in [5, 5.41) is 9.80. The lowest BCUT2D eigenvalue weighted by Gasteiger charge is -2.19. The molecule has 92 valence electrons. The van der Waals surface area contributed by atoms with Crippen molar-refractivity contribution in [2.45, 2.75) is 31.9 Å². The van der Waals surface area contributed by atoms with Gasteiger partial charge in [-0.25, -0.2) is 4.39 Å². The van der Waals surface area contributed by atoms with Gasteiger partial charge in [0.25, 0.3) is 0 Å². The van der Waals surface area contributed by atoms with Gasteiger partial charge in [-0.05, 0) is 12.5 Å². The fraction of sp³-hybridized carbons (Fsp3) is 0.455. The van der Waals surface area contributed by atoms with Crippen LogP contribution in [0.3, 0.4) is 0 Å². The summed E-state index contributed by atoms with van der Waals surface area (Å²) in [6.45, 7) is 1.97. The minimum atomic E-state index is -0.909. The molecule has 0 saturated heterocycles. The first-order valence-electron chi connectivity index (χ1n) is 4.95. The van der Waals surface area contributed by atoms with E-state index in [0.717, 1.165) is 6.42 Å². The molecule has 0 amide bonds. The van der Waals surface area contributed by atoms with E-state index in [2.05, 4.69) is 0 Å². The molecule has 3 N–H and O–H groups in total. The third kappa shape index (κ3) is 3.59. The minimum Gasteiger partial charge on any atom is -0.387 e. The quantitative estimate of drug-likeness (QED) is 0.881. The van der Waals surface area contributed by atoms with Gasteiger partial charge in [0.05, 0.1) is 11.1 Å². The van der Waals surface area contributed by atoms with Crippen molar-refractivity contribution < 1.29 is 9.50 Å². The van der Waals surface area contributed by atoms with Gasteiger partial charge in [0, 0.05) is 11.6 Å². The summed E-state index contributed by atoms with van der Waals surface area (Å²) in [6.07, 6.45) is 0.632. The molecule has 2 nitrogen and oxygen atoms in total. The monoisotopic (exact) mass is 267 g/mol. The van der Waals surface area contributed by atoms with Crippen LogP contribution in [0.2, 0.25) is 5.02 Å². The van der Waals surface area contributed by atoms with Crippen molar-refractivity contribution >= 4 is 24.0 Å². The normalized spacial score (nSPS) is 14.1. The highest BCUT2D eigenvalue weighted by Crippen LogP contribution is 2.27. The number of nitrogens with two attached hydrogens (primary N) is 1. The SMILES string of the molecule is CCC[C@H](N)[C@H](O)c1cccc(F)c1Cl.Cl. The number of aliphatic hydroxyl groups is 1. The van der Waals surface area contributed by atoms with Gasteiger partial charge in [0.2, 0.25) is 0 Å². The molecule has 0 aliphatic rings. The number of hydrogen-bond acceptors (Lipinski definition) is 2. The second kappa shape index (κ2) is 7.07. The predicted molar refractivity (Wildman–Crippen MR) is 66.5 cm³/mol. The maximum atomic E-state index is 13.1. The Morgan fingerprint density at radius 2 is 2.12 bits per heavy atom. The van der Waals surface area contributed by atoms with E-state index in [1.807, 2.05) is 6.92 Å². The minimum absolute atomic E-state index is 0. The average Bonchev–Trinajstić information content (AvgIpc) is 2.21. The number of benzene rings is 1. The number of halogens is 3. The standard InChI is InChI=1S/C11H15ClFNO.ClH/c1-2-4-9(14)11(15)7-5-3-6-8(13)10(7)12;/h3,5-6,9,11,15H,2,4,14H2,1H3;1H/t9-,11+;/m0./s1. The first-order chi connectivity index (χ1) is 7.07. The van der Waals surface area contributed by atoms with Gasteiger partial charge in [-0.15, -0.1) is 12.4 Å². The summed E-state index contributed by atoms with van der Waals surface area (Å²) in [7, 11) is 0. The predicted octanol–water partition coefficient (Wildman–Crippen LogP) is 3.06. The summed E-state index contributed by atoms with van der Waals surface area (Å²) >= 11 is 5.74. The highest BCUT2D eigenvalue weighted by molar-refractivity contribution is 6.31. The van der Waals surface area contributed by atoms with Gasteiger partial charge in [0.1, 0.15) is 5.82 Å². The van der Waals surface area contributed by atoms with Crippen molar-refractivity contribution in [3.8, 4) is 0 Å². The van der Waals surface area contributed by atoms with E-state index in [1.54, 1.807) is 6.07 Å². The Balaban J connectivity index is 0.00000225. The second-order valence-corrected chi connectivity index (χ2v) is 3.92. The van der Waals surface area contributed by atoms with Crippen molar-refractivity contribution in [2.24, 2.45) is 5.73 Å². The zero-order chi connectivity index (χ0) is 11.4. The van der Waals surface area contributed by atoms with Gasteiger partial charge in [-0.1, -0.05) is 37.1 Å². The number of aliphatic hydroxyl groups excluding tert-OH is 1. The van der Waals surface area contributed by atoms with E-state index in [9.17, 15) is 9.50 Å². The zero-order valence-electron chi connectivity index (χ0n) is 8.99. The Labute approximate surface area is 106 Å². The number of rotatable bonds is 4. The summed E-state index contributed by atoms with van der Waals surface area (Å²) in [4.78, 5) is 0. The second-order valence-electron chi connectivity index (χ2n) is 3.54. The van der Waals surface area contributed by atoms with E-state index in [0.29, 0.717) is 12.0 Å². The molecule has 0 aliphatic carbocycles. The maximum Gasteiger partial charge on any atom is 0.142 e. The summed E-state index contributed by atoms with van der Waals surface area (Å²) in [5.41, 5.74) is 6.11.